The maximum Gasteiger partial charge on any atom is 0.306 e. The molecule has 65 heavy (non-hydrogen) atoms. The summed E-state index contributed by atoms with van der Waals surface area (Å²) < 4.78 is 16.8. The normalized spacial score (nSPS) is 12.6. The number of ether oxygens (including phenoxy) is 3. The minimum Gasteiger partial charge on any atom is -0.462 e. The molecule has 0 aliphatic carbocycles. The van der Waals surface area contributed by atoms with E-state index >= 15 is 0 Å². The van der Waals surface area contributed by atoms with Crippen LogP contribution in [0.5, 0.6) is 0 Å². The van der Waals surface area contributed by atoms with Crippen molar-refractivity contribution in [2.75, 3.05) is 13.2 Å². The quantitative estimate of drug-likeness (QED) is 0.0262. The van der Waals surface area contributed by atoms with Gasteiger partial charge in [-0.05, 0) is 83.5 Å². The predicted octanol–water partition coefficient (Wildman–Crippen LogP) is 18.2. The van der Waals surface area contributed by atoms with Crippen LogP contribution in [0.3, 0.4) is 0 Å². The lowest BCUT2D eigenvalue weighted by atomic mass is 10.0. The molecule has 0 rings (SSSR count). The van der Waals surface area contributed by atoms with Crippen LogP contribution in [0.2, 0.25) is 0 Å². The molecule has 0 aromatic heterocycles. The van der Waals surface area contributed by atoms with Gasteiger partial charge in [-0.25, -0.2) is 0 Å². The van der Waals surface area contributed by atoms with Gasteiger partial charge in [0.1, 0.15) is 13.2 Å². The number of carbonyl (C=O) groups excluding carboxylic acids is 3. The van der Waals surface area contributed by atoms with E-state index in [4.69, 9.17) is 14.2 Å². The largest absolute Gasteiger partial charge is 0.462 e. The van der Waals surface area contributed by atoms with Gasteiger partial charge in [-0.3, -0.25) is 14.4 Å². The second kappa shape index (κ2) is 53.5. The Kier molecular flexibility index (Phi) is 50.9. The van der Waals surface area contributed by atoms with Crippen molar-refractivity contribution < 1.29 is 28.6 Å². The monoisotopic (exact) mass is 907 g/mol. The van der Waals surface area contributed by atoms with Crippen molar-refractivity contribution in [2.24, 2.45) is 0 Å². The van der Waals surface area contributed by atoms with Crippen LogP contribution in [0.25, 0.3) is 0 Å². The molecule has 0 aromatic rings. The average Bonchev–Trinajstić information content (AvgIpc) is 3.30. The molecular formula is C59H102O6. The maximum atomic E-state index is 12.8. The topological polar surface area (TPSA) is 78.9 Å². The summed E-state index contributed by atoms with van der Waals surface area (Å²) in [7, 11) is 0. The van der Waals surface area contributed by atoms with Crippen molar-refractivity contribution in [3.05, 3.63) is 72.9 Å². The van der Waals surface area contributed by atoms with Crippen molar-refractivity contribution >= 4 is 17.9 Å². The van der Waals surface area contributed by atoms with Crippen LogP contribution in [0.1, 0.15) is 265 Å². The zero-order valence-electron chi connectivity index (χ0n) is 42.7. The summed E-state index contributed by atoms with van der Waals surface area (Å²) in [6.07, 6.45) is 67.5. The van der Waals surface area contributed by atoms with Crippen molar-refractivity contribution in [1.82, 2.24) is 0 Å². The van der Waals surface area contributed by atoms with Crippen molar-refractivity contribution in [3.8, 4) is 0 Å². The van der Waals surface area contributed by atoms with E-state index in [1.165, 1.54) is 141 Å². The number of esters is 3. The zero-order chi connectivity index (χ0) is 47.2. The first-order valence-corrected chi connectivity index (χ1v) is 27.4. The highest BCUT2D eigenvalue weighted by Crippen LogP contribution is 2.15. The highest BCUT2D eigenvalue weighted by atomic mass is 16.6. The van der Waals surface area contributed by atoms with E-state index in [1.807, 2.05) is 0 Å². The first kappa shape index (κ1) is 61.9. The van der Waals surface area contributed by atoms with Gasteiger partial charge in [0, 0.05) is 19.3 Å². The van der Waals surface area contributed by atoms with Crippen LogP contribution >= 0.6 is 0 Å². The van der Waals surface area contributed by atoms with E-state index in [0.29, 0.717) is 19.3 Å². The van der Waals surface area contributed by atoms with Gasteiger partial charge in [-0.1, -0.05) is 235 Å². The molecule has 6 nitrogen and oxygen atoms in total. The summed E-state index contributed by atoms with van der Waals surface area (Å²) in [6.45, 7) is 6.48. The Balaban J connectivity index is 4.46. The minimum atomic E-state index is -0.798. The van der Waals surface area contributed by atoms with E-state index in [9.17, 15) is 14.4 Å². The smallest absolute Gasteiger partial charge is 0.306 e. The molecule has 0 radical (unpaired) electrons. The van der Waals surface area contributed by atoms with Crippen molar-refractivity contribution in [3.63, 3.8) is 0 Å². The number of rotatable bonds is 49. The lowest BCUT2D eigenvalue weighted by Crippen LogP contribution is -2.30. The summed E-state index contributed by atoms with van der Waals surface area (Å²) in [5.74, 6) is -0.952. The standard InChI is InChI=1S/C59H102O6/c1-4-7-10-13-16-19-22-25-27-29-31-34-37-40-43-46-49-52-58(61)64-55-56(54-63-57(60)51-48-45-42-39-36-33-24-21-18-15-12-9-6-3)65-59(62)53-50-47-44-41-38-35-32-30-28-26-23-20-17-14-11-8-5-2/h7,10,16,19,25-28,31,34,40,43,56H,4-6,8-9,11-15,17-18,20-24,29-30,32-33,35-39,41-42,44-55H2,1-3H3/b10-7+,19-16+,27-25+,28-26+,34-31+,43-40+/t56-/m1/s1. The highest BCUT2D eigenvalue weighted by Gasteiger charge is 2.19. The molecule has 0 saturated heterocycles. The van der Waals surface area contributed by atoms with Gasteiger partial charge in [0.25, 0.3) is 0 Å². The molecule has 0 aliphatic rings. The van der Waals surface area contributed by atoms with Crippen molar-refractivity contribution in [1.29, 1.82) is 0 Å². The van der Waals surface area contributed by atoms with Gasteiger partial charge in [0.15, 0.2) is 6.10 Å². The Morgan fingerprint density at radius 3 is 1.02 bits per heavy atom. The van der Waals surface area contributed by atoms with Crippen LogP contribution in [-0.2, 0) is 28.6 Å². The summed E-state index contributed by atoms with van der Waals surface area (Å²) in [6, 6.07) is 0. The van der Waals surface area contributed by atoms with Gasteiger partial charge in [-0.15, -0.1) is 0 Å². The number of allylic oxidation sites excluding steroid dienone is 12. The molecule has 0 unspecified atom stereocenters. The highest BCUT2D eigenvalue weighted by molar-refractivity contribution is 5.71. The fourth-order valence-electron chi connectivity index (χ4n) is 7.59. The molecule has 0 spiro atoms. The third kappa shape index (κ3) is 51.7. The SMILES string of the molecule is CC/C=C/C/C=C/C/C=C/C/C=C/C/C=C/CCCC(=O)OC[C@@H](COC(=O)CCCCCCCCCCCCCCC)OC(=O)CCCCCCCCC/C=C/CCCCCCCC. The summed E-state index contributed by atoms with van der Waals surface area (Å²) in [4.78, 5) is 38.0. The Hall–Kier alpha value is -3.15. The lowest BCUT2D eigenvalue weighted by molar-refractivity contribution is -0.167. The predicted molar refractivity (Wildman–Crippen MR) is 279 cm³/mol. The summed E-state index contributed by atoms with van der Waals surface area (Å²) in [5, 5.41) is 0. The van der Waals surface area contributed by atoms with Gasteiger partial charge < -0.3 is 14.2 Å². The zero-order valence-corrected chi connectivity index (χ0v) is 42.7. The molecule has 1 atom stereocenters. The first-order valence-electron chi connectivity index (χ1n) is 27.4. The fourth-order valence-corrected chi connectivity index (χ4v) is 7.59. The molecule has 6 heteroatoms. The van der Waals surface area contributed by atoms with Crippen LogP contribution < -0.4 is 0 Å². The number of carbonyl (C=O) groups is 3. The average molecular weight is 907 g/mol. The molecule has 0 amide bonds. The molecule has 0 bridgehead atoms. The molecule has 0 aromatic carbocycles. The van der Waals surface area contributed by atoms with Gasteiger partial charge in [-0.2, -0.15) is 0 Å². The number of unbranched alkanes of at least 4 members (excludes halogenated alkanes) is 26. The molecule has 0 aliphatic heterocycles. The summed E-state index contributed by atoms with van der Waals surface area (Å²) in [5.41, 5.74) is 0. The maximum absolute atomic E-state index is 12.8. The van der Waals surface area contributed by atoms with Gasteiger partial charge in [0.2, 0.25) is 0 Å². The van der Waals surface area contributed by atoms with Gasteiger partial charge in [0.05, 0.1) is 0 Å². The number of hydrogen-bond acceptors (Lipinski definition) is 6. The molecule has 0 N–H and O–H groups in total. The van der Waals surface area contributed by atoms with Crippen molar-refractivity contribution in [2.45, 2.75) is 271 Å². The van der Waals surface area contributed by atoms with E-state index in [2.05, 4.69) is 93.7 Å². The second-order valence-electron chi connectivity index (χ2n) is 18.1. The Morgan fingerprint density at radius 1 is 0.323 bits per heavy atom. The van der Waals surface area contributed by atoms with Crippen LogP contribution in [0, 0.1) is 0 Å². The van der Waals surface area contributed by atoms with Crippen LogP contribution in [-0.4, -0.2) is 37.2 Å². The first-order chi connectivity index (χ1) is 32.0. The lowest BCUT2D eigenvalue weighted by Gasteiger charge is -2.18. The Labute approximate surface area is 402 Å². The Bertz CT molecular complexity index is 1230. The van der Waals surface area contributed by atoms with Crippen LogP contribution in [0.15, 0.2) is 72.9 Å². The molecule has 374 valence electrons. The molecule has 0 saturated carbocycles. The Morgan fingerprint density at radius 2 is 0.615 bits per heavy atom. The molecular weight excluding hydrogens is 805 g/mol. The van der Waals surface area contributed by atoms with Gasteiger partial charge >= 0.3 is 17.9 Å². The third-order valence-electron chi connectivity index (χ3n) is 11.7. The van der Waals surface area contributed by atoms with E-state index in [1.54, 1.807) is 0 Å². The molecule has 0 fully saturated rings. The van der Waals surface area contributed by atoms with E-state index in [-0.39, 0.29) is 37.5 Å². The fraction of sp³-hybridized carbons (Fsp3) is 0.746. The second-order valence-corrected chi connectivity index (χ2v) is 18.1. The van der Waals surface area contributed by atoms with E-state index in [0.717, 1.165) is 77.0 Å². The minimum absolute atomic E-state index is 0.0927. The number of hydrogen-bond donors (Lipinski definition) is 0. The molecule has 0 heterocycles. The van der Waals surface area contributed by atoms with E-state index < -0.39 is 6.10 Å². The van der Waals surface area contributed by atoms with Crippen LogP contribution in [0.4, 0.5) is 0 Å². The third-order valence-corrected chi connectivity index (χ3v) is 11.7. The summed E-state index contributed by atoms with van der Waals surface area (Å²) >= 11 is 0.